The predicted octanol–water partition coefficient (Wildman–Crippen LogP) is 1.76. The summed E-state index contributed by atoms with van der Waals surface area (Å²) in [7, 11) is 0. The minimum Gasteiger partial charge on any atom is -0.481 e. The van der Waals surface area contributed by atoms with E-state index >= 15 is 0 Å². The van der Waals surface area contributed by atoms with Crippen molar-refractivity contribution in [3.63, 3.8) is 0 Å². The molecule has 0 fully saturated rings. The Balaban J connectivity index is 1.92. The fourth-order valence-corrected chi connectivity index (χ4v) is 2.30. The lowest BCUT2D eigenvalue weighted by molar-refractivity contribution is -0.137. The molecule has 2 aromatic rings. The van der Waals surface area contributed by atoms with Crippen molar-refractivity contribution in [1.29, 1.82) is 0 Å². The molecule has 0 radical (unpaired) electrons. The van der Waals surface area contributed by atoms with Crippen LogP contribution in [0.4, 0.5) is 5.13 Å². The molecule has 0 aliphatic rings. The molecule has 8 heteroatoms. The summed E-state index contributed by atoms with van der Waals surface area (Å²) in [5.41, 5.74) is 0.426. The van der Waals surface area contributed by atoms with Gasteiger partial charge < -0.3 is 9.52 Å². The number of amides is 1. The second-order valence-electron chi connectivity index (χ2n) is 4.19. The van der Waals surface area contributed by atoms with Crippen LogP contribution in [0.3, 0.4) is 0 Å². The fourth-order valence-electron chi connectivity index (χ4n) is 1.56. The second kappa shape index (κ2) is 6.80. The lowest BCUT2D eigenvalue weighted by Gasteiger charge is -2.00. The number of carboxylic acids is 1. The third-order valence-corrected chi connectivity index (χ3v) is 3.37. The Morgan fingerprint density at radius 3 is 2.86 bits per heavy atom. The zero-order valence-electron chi connectivity index (χ0n) is 10.9. The van der Waals surface area contributed by atoms with Gasteiger partial charge in [0, 0.05) is 17.9 Å². The molecule has 7 nitrogen and oxygen atoms in total. The minimum absolute atomic E-state index is 0.0856. The Kier molecular flexibility index (Phi) is 4.83. The van der Waals surface area contributed by atoms with Crippen molar-refractivity contribution in [3.05, 3.63) is 45.5 Å². The van der Waals surface area contributed by atoms with Gasteiger partial charge in [0.15, 0.2) is 5.13 Å². The van der Waals surface area contributed by atoms with Crippen molar-refractivity contribution < 1.29 is 19.1 Å². The van der Waals surface area contributed by atoms with E-state index in [1.807, 2.05) is 0 Å². The van der Waals surface area contributed by atoms with Gasteiger partial charge in [-0.25, -0.2) is 9.78 Å². The lowest BCUT2D eigenvalue weighted by Crippen LogP contribution is -2.12. The van der Waals surface area contributed by atoms with Crippen molar-refractivity contribution >= 4 is 28.3 Å². The van der Waals surface area contributed by atoms with E-state index in [1.54, 1.807) is 5.38 Å². The number of nitrogens with zero attached hydrogens (tertiary/aromatic N) is 1. The van der Waals surface area contributed by atoms with E-state index in [-0.39, 0.29) is 12.0 Å². The van der Waals surface area contributed by atoms with Gasteiger partial charge in [0.05, 0.1) is 11.3 Å². The number of hydrogen-bond acceptors (Lipinski definition) is 6. The molecular formula is C13H12N2O5S. The van der Waals surface area contributed by atoms with Crippen molar-refractivity contribution in [3.8, 4) is 0 Å². The Labute approximate surface area is 123 Å². The minimum atomic E-state index is -0.843. The molecule has 110 valence electrons. The highest BCUT2D eigenvalue weighted by atomic mass is 32.1. The monoisotopic (exact) mass is 308 g/mol. The predicted molar refractivity (Wildman–Crippen MR) is 75.6 cm³/mol. The maximum absolute atomic E-state index is 11.9. The van der Waals surface area contributed by atoms with Crippen LogP contribution < -0.4 is 10.9 Å². The Morgan fingerprint density at radius 2 is 2.19 bits per heavy atom. The SMILES string of the molecule is O=C(O)CCCc1csc(NC(=O)c2ccc(=O)oc2)n1. The van der Waals surface area contributed by atoms with E-state index in [0.29, 0.717) is 18.0 Å². The number of thiazole rings is 1. The largest absolute Gasteiger partial charge is 0.481 e. The molecular weight excluding hydrogens is 296 g/mol. The highest BCUT2D eigenvalue weighted by Crippen LogP contribution is 2.17. The third kappa shape index (κ3) is 4.53. The molecule has 2 rings (SSSR count). The van der Waals surface area contributed by atoms with Gasteiger partial charge in [0.25, 0.3) is 5.91 Å². The smallest absolute Gasteiger partial charge is 0.335 e. The van der Waals surface area contributed by atoms with Gasteiger partial charge in [-0.15, -0.1) is 11.3 Å². The molecule has 0 atom stereocenters. The summed E-state index contributed by atoms with van der Waals surface area (Å²) in [6.07, 6.45) is 2.20. The van der Waals surface area contributed by atoms with Crippen molar-refractivity contribution in [2.24, 2.45) is 0 Å². The highest BCUT2D eigenvalue weighted by Gasteiger charge is 2.10. The maximum atomic E-state index is 11.9. The van der Waals surface area contributed by atoms with E-state index in [0.717, 1.165) is 18.0 Å². The van der Waals surface area contributed by atoms with E-state index < -0.39 is 17.5 Å². The summed E-state index contributed by atoms with van der Waals surface area (Å²) in [4.78, 5) is 37.3. The van der Waals surface area contributed by atoms with Crippen LogP contribution in [0.5, 0.6) is 0 Å². The first-order valence-electron chi connectivity index (χ1n) is 6.11. The third-order valence-electron chi connectivity index (χ3n) is 2.56. The molecule has 0 aliphatic carbocycles. The van der Waals surface area contributed by atoms with Crippen LogP contribution in [-0.4, -0.2) is 22.0 Å². The quantitative estimate of drug-likeness (QED) is 0.841. The molecule has 1 amide bonds. The molecule has 0 saturated carbocycles. The molecule has 2 aromatic heterocycles. The molecule has 0 spiro atoms. The molecule has 2 heterocycles. The number of aromatic nitrogens is 1. The molecule has 2 N–H and O–H groups in total. The second-order valence-corrected chi connectivity index (χ2v) is 5.05. The van der Waals surface area contributed by atoms with Crippen LogP contribution in [-0.2, 0) is 11.2 Å². The Morgan fingerprint density at radius 1 is 1.38 bits per heavy atom. The van der Waals surface area contributed by atoms with Crippen LogP contribution in [0.15, 0.2) is 33.0 Å². The zero-order chi connectivity index (χ0) is 15.2. The van der Waals surface area contributed by atoms with E-state index in [1.165, 1.54) is 17.4 Å². The van der Waals surface area contributed by atoms with Gasteiger partial charge in [-0.05, 0) is 18.9 Å². The number of rotatable bonds is 6. The molecule has 0 aliphatic heterocycles. The van der Waals surface area contributed by atoms with Crippen LogP contribution in [0.1, 0.15) is 28.9 Å². The molecule has 0 aromatic carbocycles. The Hall–Kier alpha value is -2.48. The number of anilines is 1. The molecule has 0 saturated heterocycles. The zero-order valence-corrected chi connectivity index (χ0v) is 11.7. The van der Waals surface area contributed by atoms with Crippen LogP contribution in [0.25, 0.3) is 0 Å². The van der Waals surface area contributed by atoms with Crippen LogP contribution >= 0.6 is 11.3 Å². The van der Waals surface area contributed by atoms with Crippen LogP contribution in [0, 0.1) is 0 Å². The summed E-state index contributed by atoms with van der Waals surface area (Å²) in [5, 5.41) is 13.3. The Bertz CT molecular complexity index is 686. The summed E-state index contributed by atoms with van der Waals surface area (Å²) >= 11 is 1.25. The number of nitrogens with one attached hydrogen (secondary N) is 1. The number of carbonyl (C=O) groups excluding carboxylic acids is 1. The van der Waals surface area contributed by atoms with Gasteiger partial charge in [0.2, 0.25) is 0 Å². The number of hydrogen-bond donors (Lipinski definition) is 2. The van der Waals surface area contributed by atoms with E-state index in [9.17, 15) is 14.4 Å². The van der Waals surface area contributed by atoms with Gasteiger partial charge in [-0.1, -0.05) is 0 Å². The maximum Gasteiger partial charge on any atom is 0.335 e. The average Bonchev–Trinajstić information content (AvgIpc) is 2.86. The number of aliphatic carboxylic acids is 1. The first-order valence-corrected chi connectivity index (χ1v) is 6.99. The van der Waals surface area contributed by atoms with E-state index in [4.69, 9.17) is 5.11 Å². The lowest BCUT2D eigenvalue weighted by atomic mass is 10.2. The van der Waals surface area contributed by atoms with Crippen molar-refractivity contribution in [2.75, 3.05) is 5.32 Å². The molecule has 21 heavy (non-hydrogen) atoms. The summed E-state index contributed by atoms with van der Waals surface area (Å²) < 4.78 is 4.61. The van der Waals surface area contributed by atoms with Crippen LogP contribution in [0.2, 0.25) is 0 Å². The first-order chi connectivity index (χ1) is 10.0. The average molecular weight is 308 g/mol. The number of carboxylic acid groups (broad SMARTS) is 1. The number of carbonyl (C=O) groups is 2. The van der Waals surface area contributed by atoms with Gasteiger partial charge >= 0.3 is 11.6 Å². The highest BCUT2D eigenvalue weighted by molar-refractivity contribution is 7.13. The standard InChI is InChI=1S/C13H12N2O5S/c16-10(17)3-1-2-9-7-21-13(14-9)15-12(19)8-4-5-11(18)20-6-8/h4-7H,1-3H2,(H,16,17)(H,14,15,19). The van der Waals surface area contributed by atoms with Crippen molar-refractivity contribution in [2.45, 2.75) is 19.3 Å². The summed E-state index contributed by atoms with van der Waals surface area (Å²) in [5.74, 6) is -1.27. The van der Waals surface area contributed by atoms with Gasteiger partial charge in [-0.2, -0.15) is 0 Å². The fraction of sp³-hybridized carbons (Fsp3) is 0.231. The molecule has 0 bridgehead atoms. The van der Waals surface area contributed by atoms with Gasteiger partial charge in [0.1, 0.15) is 6.26 Å². The van der Waals surface area contributed by atoms with Gasteiger partial charge in [-0.3, -0.25) is 14.9 Å². The van der Waals surface area contributed by atoms with Crippen molar-refractivity contribution in [1.82, 2.24) is 4.98 Å². The number of aryl methyl sites for hydroxylation is 1. The normalized spacial score (nSPS) is 10.3. The van der Waals surface area contributed by atoms with E-state index in [2.05, 4.69) is 14.7 Å². The summed E-state index contributed by atoms with van der Waals surface area (Å²) in [6, 6.07) is 2.52. The first kappa shape index (κ1) is 14.9. The molecule has 0 unspecified atom stereocenters. The topological polar surface area (TPSA) is 110 Å². The summed E-state index contributed by atoms with van der Waals surface area (Å²) in [6.45, 7) is 0.